The molecular weight excluding hydrogens is 138 g/mol. The molecule has 2 heteroatoms. The van der Waals surface area contributed by atoms with E-state index in [-0.39, 0.29) is 5.60 Å². The van der Waals surface area contributed by atoms with E-state index in [4.69, 9.17) is 10.5 Å². The molecule has 0 bridgehead atoms. The van der Waals surface area contributed by atoms with E-state index < -0.39 is 0 Å². The Labute approximate surface area is 68.1 Å². The van der Waals surface area contributed by atoms with Gasteiger partial charge in [-0.1, -0.05) is 0 Å². The SMILES string of the molecule is NC[C@H]1CC[C@@]2(CCCO2)C1. The Hall–Kier alpha value is -0.0800. The first kappa shape index (κ1) is 7.56. The molecule has 2 atom stereocenters. The Morgan fingerprint density at radius 2 is 2.36 bits per heavy atom. The number of ether oxygens (including phenoxy) is 1. The van der Waals surface area contributed by atoms with Crippen LogP contribution in [0.4, 0.5) is 0 Å². The van der Waals surface area contributed by atoms with Crippen molar-refractivity contribution >= 4 is 0 Å². The molecule has 1 spiro atoms. The number of nitrogens with two attached hydrogens (primary N) is 1. The van der Waals surface area contributed by atoms with Gasteiger partial charge in [-0.2, -0.15) is 0 Å². The number of hydrogen-bond donors (Lipinski definition) is 1. The van der Waals surface area contributed by atoms with Gasteiger partial charge in [-0.25, -0.2) is 0 Å². The minimum atomic E-state index is 0.282. The van der Waals surface area contributed by atoms with Crippen LogP contribution in [0.3, 0.4) is 0 Å². The Balaban J connectivity index is 1.96. The minimum Gasteiger partial charge on any atom is -0.375 e. The van der Waals surface area contributed by atoms with Crippen LogP contribution < -0.4 is 5.73 Å². The van der Waals surface area contributed by atoms with Crippen LogP contribution in [0, 0.1) is 5.92 Å². The molecular formula is C9H17NO. The standard InChI is InChI=1S/C9H17NO/c10-7-8-2-4-9(6-8)3-1-5-11-9/h8H,1-7,10H2/t8-,9-/m0/s1. The molecule has 2 fully saturated rings. The largest absolute Gasteiger partial charge is 0.375 e. The normalized spacial score (nSPS) is 43.9. The van der Waals surface area contributed by atoms with Crippen LogP contribution in [0.25, 0.3) is 0 Å². The van der Waals surface area contributed by atoms with Crippen molar-refractivity contribution in [3.63, 3.8) is 0 Å². The molecule has 1 aliphatic heterocycles. The fourth-order valence-electron chi connectivity index (χ4n) is 2.51. The molecule has 2 nitrogen and oxygen atoms in total. The molecule has 2 aliphatic rings. The highest BCUT2D eigenvalue weighted by Crippen LogP contribution is 2.43. The third-order valence-corrected chi connectivity index (χ3v) is 3.19. The number of rotatable bonds is 1. The van der Waals surface area contributed by atoms with Gasteiger partial charge < -0.3 is 10.5 Å². The third kappa shape index (κ3) is 1.30. The third-order valence-electron chi connectivity index (χ3n) is 3.19. The minimum absolute atomic E-state index is 0.282. The molecule has 2 N–H and O–H groups in total. The van der Waals surface area contributed by atoms with E-state index in [2.05, 4.69) is 0 Å². The first-order chi connectivity index (χ1) is 5.35. The molecule has 0 aromatic heterocycles. The van der Waals surface area contributed by atoms with Crippen LogP contribution in [0.2, 0.25) is 0 Å². The molecule has 1 saturated heterocycles. The molecule has 11 heavy (non-hydrogen) atoms. The summed E-state index contributed by atoms with van der Waals surface area (Å²) in [6.45, 7) is 1.84. The molecule has 1 aliphatic carbocycles. The summed E-state index contributed by atoms with van der Waals surface area (Å²) >= 11 is 0. The lowest BCUT2D eigenvalue weighted by molar-refractivity contribution is 0.00745. The smallest absolute Gasteiger partial charge is 0.0686 e. The van der Waals surface area contributed by atoms with Crippen LogP contribution in [0.15, 0.2) is 0 Å². The second kappa shape index (κ2) is 2.76. The quantitative estimate of drug-likeness (QED) is 0.619. The lowest BCUT2D eigenvalue weighted by Gasteiger charge is -2.21. The topological polar surface area (TPSA) is 35.2 Å². The van der Waals surface area contributed by atoms with Gasteiger partial charge in [0.05, 0.1) is 5.60 Å². The molecule has 1 heterocycles. The molecule has 0 aromatic rings. The van der Waals surface area contributed by atoms with Crippen LogP contribution in [-0.2, 0) is 4.74 Å². The van der Waals surface area contributed by atoms with E-state index in [9.17, 15) is 0 Å². The van der Waals surface area contributed by atoms with Crippen LogP contribution >= 0.6 is 0 Å². The van der Waals surface area contributed by atoms with Gasteiger partial charge in [0.25, 0.3) is 0 Å². The number of hydrogen-bond acceptors (Lipinski definition) is 2. The summed E-state index contributed by atoms with van der Waals surface area (Å²) in [4.78, 5) is 0. The zero-order valence-corrected chi connectivity index (χ0v) is 7.01. The highest BCUT2D eigenvalue weighted by atomic mass is 16.5. The predicted octanol–water partition coefficient (Wildman–Crippen LogP) is 1.29. The molecule has 2 rings (SSSR count). The van der Waals surface area contributed by atoms with Crippen LogP contribution in [-0.4, -0.2) is 18.8 Å². The Kier molecular flexibility index (Phi) is 1.90. The Bertz CT molecular complexity index is 140. The van der Waals surface area contributed by atoms with Gasteiger partial charge >= 0.3 is 0 Å². The summed E-state index contributed by atoms with van der Waals surface area (Å²) in [6.07, 6.45) is 6.32. The lowest BCUT2D eigenvalue weighted by atomic mass is 9.97. The maximum Gasteiger partial charge on any atom is 0.0686 e. The first-order valence-electron chi connectivity index (χ1n) is 4.69. The van der Waals surface area contributed by atoms with Crippen LogP contribution in [0.5, 0.6) is 0 Å². The second-order valence-corrected chi connectivity index (χ2v) is 3.98. The van der Waals surface area contributed by atoms with Gasteiger partial charge in [-0.15, -0.1) is 0 Å². The second-order valence-electron chi connectivity index (χ2n) is 3.98. The summed E-state index contributed by atoms with van der Waals surface area (Å²) in [6, 6.07) is 0. The molecule has 0 unspecified atom stereocenters. The zero-order valence-electron chi connectivity index (χ0n) is 7.01. The fraction of sp³-hybridized carbons (Fsp3) is 1.00. The van der Waals surface area contributed by atoms with E-state index in [1.807, 2.05) is 0 Å². The van der Waals surface area contributed by atoms with Crippen molar-refractivity contribution in [1.82, 2.24) is 0 Å². The van der Waals surface area contributed by atoms with E-state index >= 15 is 0 Å². The summed E-state index contributed by atoms with van der Waals surface area (Å²) in [5.74, 6) is 0.744. The van der Waals surface area contributed by atoms with Crippen molar-refractivity contribution in [2.75, 3.05) is 13.2 Å². The van der Waals surface area contributed by atoms with Gasteiger partial charge in [0.15, 0.2) is 0 Å². The maximum absolute atomic E-state index is 5.78. The van der Waals surface area contributed by atoms with E-state index in [1.165, 1.54) is 32.1 Å². The molecule has 0 amide bonds. The van der Waals surface area contributed by atoms with E-state index in [1.54, 1.807) is 0 Å². The summed E-state index contributed by atoms with van der Waals surface area (Å²) in [5.41, 5.74) is 5.91. The Morgan fingerprint density at radius 3 is 2.91 bits per heavy atom. The average Bonchev–Trinajstić information content (AvgIpc) is 2.62. The van der Waals surface area contributed by atoms with Crippen molar-refractivity contribution in [2.24, 2.45) is 11.7 Å². The van der Waals surface area contributed by atoms with Crippen molar-refractivity contribution in [3.8, 4) is 0 Å². The van der Waals surface area contributed by atoms with Crippen molar-refractivity contribution in [2.45, 2.75) is 37.7 Å². The van der Waals surface area contributed by atoms with Gasteiger partial charge in [-0.3, -0.25) is 0 Å². The van der Waals surface area contributed by atoms with Crippen molar-refractivity contribution in [1.29, 1.82) is 0 Å². The summed E-state index contributed by atoms with van der Waals surface area (Å²) in [7, 11) is 0. The predicted molar refractivity (Wildman–Crippen MR) is 44.3 cm³/mol. The highest BCUT2D eigenvalue weighted by Gasteiger charge is 2.41. The fourth-order valence-corrected chi connectivity index (χ4v) is 2.51. The van der Waals surface area contributed by atoms with Gasteiger partial charge in [-0.05, 0) is 44.6 Å². The highest BCUT2D eigenvalue weighted by molar-refractivity contribution is 4.93. The summed E-state index contributed by atoms with van der Waals surface area (Å²) < 4.78 is 5.78. The first-order valence-corrected chi connectivity index (χ1v) is 4.69. The lowest BCUT2D eigenvalue weighted by Crippen LogP contribution is -2.24. The van der Waals surface area contributed by atoms with Crippen molar-refractivity contribution < 1.29 is 4.74 Å². The average molecular weight is 155 g/mol. The van der Waals surface area contributed by atoms with E-state index in [0.717, 1.165) is 19.1 Å². The molecule has 1 saturated carbocycles. The molecule has 64 valence electrons. The molecule has 0 radical (unpaired) electrons. The van der Waals surface area contributed by atoms with Crippen LogP contribution in [0.1, 0.15) is 32.1 Å². The zero-order chi connectivity index (χ0) is 7.73. The Morgan fingerprint density at radius 1 is 1.45 bits per heavy atom. The van der Waals surface area contributed by atoms with Gasteiger partial charge in [0, 0.05) is 6.61 Å². The van der Waals surface area contributed by atoms with Gasteiger partial charge in [0.1, 0.15) is 0 Å². The van der Waals surface area contributed by atoms with Crippen molar-refractivity contribution in [3.05, 3.63) is 0 Å². The van der Waals surface area contributed by atoms with Gasteiger partial charge in [0.2, 0.25) is 0 Å². The monoisotopic (exact) mass is 155 g/mol. The summed E-state index contributed by atoms with van der Waals surface area (Å²) in [5, 5.41) is 0. The molecule has 0 aromatic carbocycles. The van der Waals surface area contributed by atoms with E-state index in [0.29, 0.717) is 0 Å². The maximum atomic E-state index is 5.78.